The van der Waals surface area contributed by atoms with Crippen LogP contribution >= 0.6 is 23.2 Å². The standard InChI is InChI=1S/C20H14Cl2F3N5O2S/c21-12-6-8-15(9-7-12)33(31,32)29-16-10-13(22)11-26-17(16)18-27-28-19(20(23,24)25)30(18)14-4-2-1-3-5-14/h1-11,19,28-29H. The van der Waals surface area contributed by atoms with Crippen molar-refractivity contribution >= 4 is 50.4 Å². The first kappa shape index (κ1) is 23.1. The van der Waals surface area contributed by atoms with Crippen LogP contribution in [0, 0.1) is 0 Å². The number of hydrazone groups is 1. The number of alkyl halides is 3. The molecule has 172 valence electrons. The number of sulfonamides is 1. The van der Waals surface area contributed by atoms with Gasteiger partial charge in [0.1, 0.15) is 5.69 Å². The average molecular weight is 516 g/mol. The van der Waals surface area contributed by atoms with Crippen LogP contribution in [0.5, 0.6) is 0 Å². The third-order valence-corrected chi connectivity index (χ3v) is 6.40. The lowest BCUT2D eigenvalue weighted by molar-refractivity contribution is -0.151. The van der Waals surface area contributed by atoms with Gasteiger partial charge in [-0.1, -0.05) is 41.4 Å². The van der Waals surface area contributed by atoms with Gasteiger partial charge in [0.05, 0.1) is 15.6 Å². The Hall–Kier alpha value is -3.02. The molecule has 2 aromatic carbocycles. The summed E-state index contributed by atoms with van der Waals surface area (Å²) in [6, 6.07) is 14.3. The van der Waals surface area contributed by atoms with Crippen molar-refractivity contribution in [3.8, 4) is 0 Å². The third kappa shape index (κ3) is 4.85. The molecule has 33 heavy (non-hydrogen) atoms. The number of rotatable bonds is 5. The number of hydrogen-bond acceptors (Lipinski definition) is 6. The lowest BCUT2D eigenvalue weighted by Gasteiger charge is -2.28. The number of nitrogens with one attached hydrogen (secondary N) is 2. The molecule has 0 aliphatic carbocycles. The Kier molecular flexibility index (Phi) is 6.12. The van der Waals surface area contributed by atoms with Gasteiger partial charge in [-0.25, -0.2) is 13.4 Å². The first-order valence-electron chi connectivity index (χ1n) is 9.25. The van der Waals surface area contributed by atoms with E-state index in [1.54, 1.807) is 18.2 Å². The van der Waals surface area contributed by atoms with Crippen LogP contribution in [0.1, 0.15) is 5.69 Å². The molecule has 0 saturated carbocycles. The van der Waals surface area contributed by atoms with Gasteiger partial charge in [-0.2, -0.15) is 18.3 Å². The van der Waals surface area contributed by atoms with Crippen LogP contribution in [-0.2, 0) is 10.0 Å². The molecule has 1 aromatic heterocycles. The number of pyridine rings is 1. The number of halogens is 5. The van der Waals surface area contributed by atoms with Gasteiger partial charge in [0.25, 0.3) is 10.0 Å². The molecule has 1 aliphatic rings. The molecule has 0 saturated heterocycles. The van der Waals surface area contributed by atoms with Crippen LogP contribution in [0.25, 0.3) is 0 Å². The van der Waals surface area contributed by atoms with E-state index in [0.717, 1.165) is 4.90 Å². The third-order valence-electron chi connectivity index (χ3n) is 4.56. The molecule has 13 heteroatoms. The fourth-order valence-corrected chi connectivity index (χ4v) is 4.46. The van der Waals surface area contributed by atoms with E-state index in [4.69, 9.17) is 23.2 Å². The first-order chi connectivity index (χ1) is 15.6. The van der Waals surface area contributed by atoms with E-state index in [1.807, 2.05) is 0 Å². The van der Waals surface area contributed by atoms with Crippen molar-refractivity contribution in [3.63, 3.8) is 0 Å². The fourth-order valence-electron chi connectivity index (χ4n) is 3.12. The summed E-state index contributed by atoms with van der Waals surface area (Å²) in [4.78, 5) is 4.86. The lowest BCUT2D eigenvalue weighted by atomic mass is 10.2. The maximum Gasteiger partial charge on any atom is 0.429 e. The van der Waals surface area contributed by atoms with Crippen molar-refractivity contribution in [2.75, 3.05) is 9.62 Å². The fraction of sp³-hybridized carbons (Fsp3) is 0.100. The molecular formula is C20H14Cl2F3N5O2S. The summed E-state index contributed by atoms with van der Waals surface area (Å²) in [5, 5.41) is 4.23. The summed E-state index contributed by atoms with van der Waals surface area (Å²) in [6.45, 7) is 0. The van der Waals surface area contributed by atoms with Crippen LogP contribution < -0.4 is 15.0 Å². The molecule has 2 heterocycles. The number of hydrogen-bond donors (Lipinski definition) is 2. The zero-order valence-electron chi connectivity index (χ0n) is 16.4. The quantitative estimate of drug-likeness (QED) is 0.507. The van der Waals surface area contributed by atoms with Crippen LogP contribution in [-0.4, -0.2) is 31.6 Å². The number of amidine groups is 1. The molecule has 4 rings (SSSR count). The Labute approximate surface area is 196 Å². The van der Waals surface area contributed by atoms with Gasteiger partial charge in [0.2, 0.25) is 6.17 Å². The zero-order valence-corrected chi connectivity index (χ0v) is 18.7. The molecule has 0 bridgehead atoms. The second-order valence-electron chi connectivity index (χ2n) is 6.82. The van der Waals surface area contributed by atoms with Gasteiger partial charge in [-0.15, -0.1) is 0 Å². The maximum atomic E-state index is 13.7. The Morgan fingerprint density at radius 3 is 2.30 bits per heavy atom. The van der Waals surface area contributed by atoms with Crippen LogP contribution in [0.4, 0.5) is 24.5 Å². The molecule has 1 unspecified atom stereocenters. The number of anilines is 2. The molecule has 0 fully saturated rings. The SMILES string of the molecule is O=S(=O)(Nc1cc(Cl)cnc1C1=NNC(C(F)(F)F)N1c1ccccc1)c1ccc(Cl)cc1. The van der Waals surface area contributed by atoms with Gasteiger partial charge >= 0.3 is 6.18 Å². The van der Waals surface area contributed by atoms with Crippen molar-refractivity contribution in [2.45, 2.75) is 17.2 Å². The summed E-state index contributed by atoms with van der Waals surface area (Å²) >= 11 is 11.8. The molecule has 0 radical (unpaired) electrons. The van der Waals surface area contributed by atoms with Crippen molar-refractivity contribution < 1.29 is 21.6 Å². The molecule has 2 N–H and O–H groups in total. The Morgan fingerprint density at radius 1 is 1.00 bits per heavy atom. The van der Waals surface area contributed by atoms with Crippen molar-refractivity contribution in [3.05, 3.63) is 82.6 Å². The number of benzene rings is 2. The minimum Gasteiger partial charge on any atom is -0.293 e. The van der Waals surface area contributed by atoms with Gasteiger partial charge in [-0.05, 0) is 42.5 Å². The molecule has 1 atom stereocenters. The van der Waals surface area contributed by atoms with E-state index in [9.17, 15) is 21.6 Å². The Balaban J connectivity index is 1.78. The largest absolute Gasteiger partial charge is 0.429 e. The Morgan fingerprint density at radius 2 is 1.67 bits per heavy atom. The monoisotopic (exact) mass is 515 g/mol. The number of para-hydroxylation sites is 1. The summed E-state index contributed by atoms with van der Waals surface area (Å²) in [5.41, 5.74) is 1.93. The highest BCUT2D eigenvalue weighted by atomic mass is 35.5. The van der Waals surface area contributed by atoms with Crippen molar-refractivity contribution in [1.82, 2.24) is 10.4 Å². The summed E-state index contributed by atoms with van der Waals surface area (Å²) in [6.07, 6.45) is -5.70. The van der Waals surface area contributed by atoms with E-state index in [2.05, 4.69) is 20.2 Å². The van der Waals surface area contributed by atoms with E-state index in [0.29, 0.717) is 5.02 Å². The second-order valence-corrected chi connectivity index (χ2v) is 9.38. The molecule has 1 aliphatic heterocycles. The Bertz CT molecular complexity index is 1300. The molecule has 0 amide bonds. The maximum absolute atomic E-state index is 13.7. The van der Waals surface area contributed by atoms with Gasteiger partial charge in [0, 0.05) is 16.9 Å². The number of nitrogens with zero attached hydrogens (tertiary/aromatic N) is 3. The predicted octanol–water partition coefficient (Wildman–Crippen LogP) is 4.85. The van der Waals surface area contributed by atoms with Gasteiger partial charge in [-0.3, -0.25) is 15.0 Å². The molecule has 3 aromatic rings. The van der Waals surface area contributed by atoms with E-state index < -0.39 is 22.4 Å². The predicted molar refractivity (Wildman–Crippen MR) is 120 cm³/mol. The van der Waals surface area contributed by atoms with Crippen LogP contribution in [0.15, 0.2) is 76.9 Å². The van der Waals surface area contributed by atoms with Gasteiger partial charge in [0.15, 0.2) is 5.84 Å². The summed E-state index contributed by atoms with van der Waals surface area (Å²) in [5.74, 6) is -0.242. The molecular weight excluding hydrogens is 502 g/mol. The highest BCUT2D eigenvalue weighted by Gasteiger charge is 2.49. The topological polar surface area (TPSA) is 86.7 Å². The second kappa shape index (κ2) is 8.73. The van der Waals surface area contributed by atoms with Crippen LogP contribution in [0.2, 0.25) is 10.0 Å². The smallest absolute Gasteiger partial charge is 0.293 e. The minimum atomic E-state index is -4.70. The molecule has 0 spiro atoms. The normalized spacial score (nSPS) is 16.3. The minimum absolute atomic E-state index is 0.0674. The first-order valence-corrected chi connectivity index (χ1v) is 11.5. The van der Waals surface area contributed by atoms with Gasteiger partial charge < -0.3 is 0 Å². The summed E-state index contributed by atoms with van der Waals surface area (Å²) in [7, 11) is -4.15. The van der Waals surface area contributed by atoms with E-state index >= 15 is 0 Å². The molecule has 7 nitrogen and oxygen atoms in total. The average Bonchev–Trinajstić information content (AvgIpc) is 3.20. The van der Waals surface area contributed by atoms with Crippen molar-refractivity contribution in [2.24, 2.45) is 5.10 Å². The van der Waals surface area contributed by atoms with Crippen LogP contribution in [0.3, 0.4) is 0 Å². The highest BCUT2D eigenvalue weighted by Crippen LogP contribution is 2.34. The van der Waals surface area contributed by atoms with E-state index in [-0.39, 0.29) is 32.8 Å². The van der Waals surface area contributed by atoms with E-state index in [1.165, 1.54) is 48.7 Å². The zero-order chi connectivity index (χ0) is 23.8. The highest BCUT2D eigenvalue weighted by molar-refractivity contribution is 7.92. The summed E-state index contributed by atoms with van der Waals surface area (Å²) < 4.78 is 69.3. The van der Waals surface area contributed by atoms with Crippen molar-refractivity contribution in [1.29, 1.82) is 0 Å². The number of aromatic nitrogens is 1. The lowest BCUT2D eigenvalue weighted by Crippen LogP contribution is -2.50.